The predicted molar refractivity (Wildman–Crippen MR) is 68.2 cm³/mol. The van der Waals surface area contributed by atoms with E-state index in [4.69, 9.17) is 46.4 Å². The lowest BCUT2D eigenvalue weighted by atomic mass is 10.4. The van der Waals surface area contributed by atoms with Crippen LogP contribution in [-0.4, -0.2) is 28.0 Å². The van der Waals surface area contributed by atoms with Crippen LogP contribution in [0.5, 0.6) is 0 Å². The fraction of sp³-hybridized carbons (Fsp3) is 0.250. The Hall–Kier alpha value is 0.814. The predicted octanol–water partition coefficient (Wildman–Crippen LogP) is 1.87. The van der Waals surface area contributed by atoms with Gasteiger partial charge in [0.05, 0.1) is 8.92 Å². The van der Waals surface area contributed by atoms with Crippen LogP contribution in [0, 0.1) is 0 Å². The molecule has 6 heteroatoms. The first-order valence-corrected chi connectivity index (χ1v) is 7.67. The Kier molecular flexibility index (Phi) is 5.90. The average Bonchev–Trinajstić information content (AvgIpc) is 2.06. The molecule has 0 bridgehead atoms. The Morgan fingerprint density at radius 1 is 0.714 bits per heavy atom. The van der Waals surface area contributed by atoms with Crippen molar-refractivity contribution in [1.29, 1.82) is 0 Å². The van der Waals surface area contributed by atoms with Gasteiger partial charge in [-0.1, -0.05) is 34.6 Å². The Labute approximate surface area is 109 Å². The second kappa shape index (κ2) is 6.41. The summed E-state index contributed by atoms with van der Waals surface area (Å²) in [5, 5.41) is 2.29. The number of halogens is 4. The fourth-order valence-corrected chi connectivity index (χ4v) is 3.65. The first-order chi connectivity index (χ1) is 6.58. The minimum absolute atomic E-state index is 0.322. The summed E-state index contributed by atoms with van der Waals surface area (Å²) >= 11 is 22.7. The molecule has 1 aromatic carbocycles. The summed E-state index contributed by atoms with van der Waals surface area (Å²) in [5.74, 6) is 0. The molecule has 14 heavy (non-hydrogen) atoms. The topological polar surface area (TPSA) is 0 Å². The number of alkyl halides is 4. The van der Waals surface area contributed by atoms with Gasteiger partial charge in [0.25, 0.3) is 0 Å². The monoisotopic (exact) mass is 298 g/mol. The molecule has 0 aliphatic heterocycles. The van der Waals surface area contributed by atoms with Crippen molar-refractivity contribution in [3.05, 3.63) is 24.3 Å². The molecular weight excluding hydrogens is 294 g/mol. The maximum absolute atomic E-state index is 5.67. The quantitative estimate of drug-likeness (QED) is 0.588. The highest BCUT2D eigenvalue weighted by Gasteiger charge is 2.05. The second-order valence-corrected chi connectivity index (χ2v) is 9.01. The van der Waals surface area contributed by atoms with Crippen LogP contribution in [0.1, 0.15) is 0 Å². The van der Waals surface area contributed by atoms with Crippen molar-refractivity contribution in [2.24, 2.45) is 0 Å². The van der Waals surface area contributed by atoms with Crippen molar-refractivity contribution >= 4 is 75.8 Å². The lowest BCUT2D eigenvalue weighted by molar-refractivity contribution is 1.77. The average molecular weight is 300 g/mol. The van der Waals surface area contributed by atoms with Crippen LogP contribution in [0.25, 0.3) is 0 Å². The minimum Gasteiger partial charge on any atom is -0.110 e. The van der Waals surface area contributed by atoms with Crippen molar-refractivity contribution in [1.82, 2.24) is 0 Å². The first kappa shape index (κ1) is 12.9. The maximum atomic E-state index is 5.67. The van der Waals surface area contributed by atoms with Gasteiger partial charge in [0.15, 0.2) is 0 Å². The smallest absolute Gasteiger partial charge is 0.110 e. The van der Waals surface area contributed by atoms with Crippen molar-refractivity contribution in [3.63, 3.8) is 0 Å². The van der Waals surface area contributed by atoms with Crippen molar-refractivity contribution in [2.45, 2.75) is 8.92 Å². The van der Waals surface area contributed by atoms with E-state index in [2.05, 4.69) is 0 Å². The Balaban J connectivity index is 2.59. The number of rotatable bonds is 4. The van der Waals surface area contributed by atoms with Gasteiger partial charge in [0.2, 0.25) is 0 Å². The van der Waals surface area contributed by atoms with Crippen LogP contribution < -0.4 is 10.4 Å². The van der Waals surface area contributed by atoms with Gasteiger partial charge in [-0.2, -0.15) is 0 Å². The zero-order valence-electron chi connectivity index (χ0n) is 6.98. The van der Waals surface area contributed by atoms with Crippen LogP contribution in [0.4, 0.5) is 0 Å². The summed E-state index contributed by atoms with van der Waals surface area (Å²) in [7, 11) is 0.842. The zero-order valence-corrected chi connectivity index (χ0v) is 12.0. The maximum Gasteiger partial charge on any atom is 0.124 e. The summed E-state index contributed by atoms with van der Waals surface area (Å²) in [4.78, 5) is 0. The lowest BCUT2D eigenvalue weighted by Crippen LogP contribution is -2.25. The van der Waals surface area contributed by atoms with E-state index < -0.39 is 0 Å². The van der Waals surface area contributed by atoms with Gasteiger partial charge >= 0.3 is 0 Å². The van der Waals surface area contributed by atoms with Crippen molar-refractivity contribution in [2.75, 3.05) is 0 Å². The molecule has 0 saturated heterocycles. The van der Waals surface area contributed by atoms with E-state index in [1.54, 1.807) is 0 Å². The Bertz CT molecular complexity index is 244. The van der Waals surface area contributed by atoms with Gasteiger partial charge in [0, 0.05) is 0 Å². The van der Waals surface area contributed by atoms with E-state index in [-0.39, 0.29) is 8.92 Å². The molecule has 0 spiro atoms. The van der Waals surface area contributed by atoms with Crippen LogP contribution in [0.3, 0.4) is 0 Å². The Morgan fingerprint density at radius 3 is 1.21 bits per heavy atom. The molecule has 0 nitrogen and oxygen atoms in total. The molecule has 0 aliphatic rings. The normalized spacial score (nSPS) is 11.3. The molecule has 0 atom stereocenters. The van der Waals surface area contributed by atoms with Crippen LogP contribution in [-0.2, 0) is 0 Å². The molecule has 0 saturated carbocycles. The molecule has 0 fully saturated rings. The van der Waals surface area contributed by atoms with Crippen molar-refractivity contribution in [3.8, 4) is 0 Å². The molecular formula is C8H6Cl4Si2. The molecule has 0 amide bonds. The largest absolute Gasteiger partial charge is 0.124 e. The molecule has 0 aromatic heterocycles. The second-order valence-electron chi connectivity index (χ2n) is 2.47. The van der Waals surface area contributed by atoms with Crippen LogP contribution in [0.2, 0.25) is 0 Å². The highest BCUT2D eigenvalue weighted by Crippen LogP contribution is 2.00. The highest BCUT2D eigenvalue weighted by molar-refractivity contribution is 6.77. The van der Waals surface area contributed by atoms with Gasteiger partial charge in [-0.15, -0.1) is 46.4 Å². The van der Waals surface area contributed by atoms with Gasteiger partial charge in [0.1, 0.15) is 19.0 Å². The molecule has 0 aliphatic carbocycles. The molecule has 1 rings (SSSR count). The Morgan fingerprint density at radius 2 is 1.00 bits per heavy atom. The number of benzene rings is 1. The third-order valence-corrected chi connectivity index (χ3v) is 4.52. The zero-order chi connectivity index (χ0) is 10.6. The van der Waals surface area contributed by atoms with E-state index in [9.17, 15) is 0 Å². The van der Waals surface area contributed by atoms with E-state index >= 15 is 0 Å². The summed E-state index contributed by atoms with van der Waals surface area (Å²) in [6, 6.07) is 8.03. The molecule has 4 radical (unpaired) electrons. The van der Waals surface area contributed by atoms with E-state index in [0.717, 1.165) is 10.4 Å². The van der Waals surface area contributed by atoms with Gasteiger partial charge in [-0.25, -0.2) is 0 Å². The molecule has 1 aromatic rings. The van der Waals surface area contributed by atoms with E-state index in [1.165, 1.54) is 0 Å². The summed E-state index contributed by atoms with van der Waals surface area (Å²) in [6.45, 7) is 0. The van der Waals surface area contributed by atoms with Crippen molar-refractivity contribution < 1.29 is 0 Å². The number of hydrogen-bond donors (Lipinski definition) is 0. The number of hydrogen-bond acceptors (Lipinski definition) is 0. The van der Waals surface area contributed by atoms with Gasteiger partial charge in [-0.3, -0.25) is 0 Å². The molecule has 0 heterocycles. The standard InChI is InChI=1S/C8H6Cl4Si2/c9-7(10)13-5-1-2-6(4-3-5)14-8(11)12/h1-4,7-8H. The highest BCUT2D eigenvalue weighted by atomic mass is 35.5. The summed E-state index contributed by atoms with van der Waals surface area (Å²) in [5.41, 5.74) is 0. The van der Waals surface area contributed by atoms with Crippen LogP contribution in [0.15, 0.2) is 24.3 Å². The van der Waals surface area contributed by atoms with Gasteiger partial charge < -0.3 is 0 Å². The van der Waals surface area contributed by atoms with Crippen LogP contribution >= 0.6 is 46.4 Å². The third kappa shape index (κ3) is 5.05. The molecule has 0 N–H and O–H groups in total. The van der Waals surface area contributed by atoms with Gasteiger partial charge in [-0.05, 0) is 0 Å². The lowest BCUT2D eigenvalue weighted by Gasteiger charge is -2.03. The van der Waals surface area contributed by atoms with E-state index in [1.807, 2.05) is 24.3 Å². The van der Waals surface area contributed by atoms with E-state index in [0.29, 0.717) is 19.0 Å². The SMILES string of the molecule is ClC(Cl)[Si]c1ccc([Si]C(Cl)Cl)cc1. The third-order valence-electron chi connectivity index (χ3n) is 1.44. The molecule has 74 valence electrons. The summed E-state index contributed by atoms with van der Waals surface area (Å²) in [6.07, 6.45) is 0. The summed E-state index contributed by atoms with van der Waals surface area (Å²) < 4.78 is -0.644. The minimum atomic E-state index is -0.322. The first-order valence-electron chi connectivity index (χ1n) is 3.77. The molecule has 0 unspecified atom stereocenters. The fourth-order valence-electron chi connectivity index (χ4n) is 0.915.